The summed E-state index contributed by atoms with van der Waals surface area (Å²) in [4.78, 5) is 11.9. The summed E-state index contributed by atoms with van der Waals surface area (Å²) in [5.41, 5.74) is 1.80. The molecule has 0 bridgehead atoms. The first-order valence-electron chi connectivity index (χ1n) is 6.88. The van der Waals surface area contributed by atoms with E-state index in [1.54, 1.807) is 0 Å². The molecule has 0 fully saturated rings. The molecule has 2 aromatic rings. The van der Waals surface area contributed by atoms with Crippen LogP contribution in [0.1, 0.15) is 25.8 Å². The molecule has 0 aliphatic heterocycles. The van der Waals surface area contributed by atoms with E-state index in [0.29, 0.717) is 12.8 Å². The molecular weight excluding hydrogens is 252 g/mol. The molecule has 0 radical (unpaired) electrons. The minimum atomic E-state index is -0.560. The van der Waals surface area contributed by atoms with Crippen LogP contribution in [0, 0.1) is 0 Å². The van der Waals surface area contributed by atoms with Crippen molar-refractivity contribution in [1.82, 2.24) is 9.88 Å². The first kappa shape index (κ1) is 14.6. The second kappa shape index (κ2) is 5.67. The molecule has 0 saturated heterocycles. The Morgan fingerprint density at radius 1 is 1.35 bits per heavy atom. The number of benzene rings is 1. The number of nitrogens with one attached hydrogen (secondary N) is 1. The van der Waals surface area contributed by atoms with Crippen LogP contribution < -0.4 is 5.32 Å². The molecule has 0 spiro atoms. The third-order valence-corrected chi connectivity index (χ3v) is 3.47. The average molecular weight is 274 g/mol. The normalized spacial score (nSPS) is 11.8. The molecular formula is C16H22N2O2. The average Bonchev–Trinajstić information content (AvgIpc) is 2.73. The second-order valence-electron chi connectivity index (χ2n) is 5.87. The summed E-state index contributed by atoms with van der Waals surface area (Å²) in [7, 11) is 2.01. The molecule has 2 N–H and O–H groups in total. The highest BCUT2D eigenvalue weighted by Crippen LogP contribution is 2.21. The van der Waals surface area contributed by atoms with Crippen LogP contribution in [0.2, 0.25) is 0 Å². The molecule has 2 rings (SSSR count). The van der Waals surface area contributed by atoms with Crippen molar-refractivity contribution < 1.29 is 9.90 Å². The predicted octanol–water partition coefficient (Wildman–Crippen LogP) is 2.00. The smallest absolute Gasteiger partial charge is 0.220 e. The zero-order chi connectivity index (χ0) is 14.8. The number of aliphatic hydroxyl groups excluding tert-OH is 1. The van der Waals surface area contributed by atoms with Gasteiger partial charge in [-0.3, -0.25) is 4.79 Å². The van der Waals surface area contributed by atoms with Crippen LogP contribution in [0.4, 0.5) is 0 Å². The summed E-state index contributed by atoms with van der Waals surface area (Å²) in [6.45, 7) is 3.55. The summed E-state index contributed by atoms with van der Waals surface area (Å²) in [5.74, 6) is -0.0306. The van der Waals surface area contributed by atoms with Gasteiger partial charge in [0.25, 0.3) is 0 Å². The van der Waals surface area contributed by atoms with Gasteiger partial charge in [0.2, 0.25) is 5.91 Å². The van der Waals surface area contributed by atoms with Gasteiger partial charge < -0.3 is 15.0 Å². The van der Waals surface area contributed by atoms with Crippen LogP contribution in [0.25, 0.3) is 10.9 Å². The number of aromatic nitrogens is 1. The predicted molar refractivity (Wildman–Crippen MR) is 80.5 cm³/mol. The van der Waals surface area contributed by atoms with E-state index < -0.39 is 5.54 Å². The zero-order valence-electron chi connectivity index (χ0n) is 12.3. The second-order valence-corrected chi connectivity index (χ2v) is 5.87. The van der Waals surface area contributed by atoms with Crippen molar-refractivity contribution in [3.8, 4) is 0 Å². The number of fused-ring (bicyclic) bond motifs is 1. The summed E-state index contributed by atoms with van der Waals surface area (Å²) >= 11 is 0. The Morgan fingerprint density at radius 3 is 2.75 bits per heavy atom. The third kappa shape index (κ3) is 3.20. The van der Waals surface area contributed by atoms with Crippen molar-refractivity contribution in [2.45, 2.75) is 32.2 Å². The van der Waals surface area contributed by atoms with Crippen molar-refractivity contribution in [2.75, 3.05) is 6.61 Å². The van der Waals surface area contributed by atoms with Gasteiger partial charge in [-0.25, -0.2) is 0 Å². The van der Waals surface area contributed by atoms with Crippen LogP contribution in [-0.4, -0.2) is 27.7 Å². The third-order valence-electron chi connectivity index (χ3n) is 3.47. The number of nitrogens with zero attached hydrogens (tertiary/aromatic N) is 1. The van der Waals surface area contributed by atoms with E-state index in [2.05, 4.69) is 28.2 Å². The van der Waals surface area contributed by atoms with Crippen molar-refractivity contribution >= 4 is 16.8 Å². The number of amides is 1. The maximum atomic E-state index is 11.9. The highest BCUT2D eigenvalue weighted by Gasteiger charge is 2.19. The first-order valence-corrected chi connectivity index (χ1v) is 6.88. The van der Waals surface area contributed by atoms with Gasteiger partial charge in [0, 0.05) is 30.6 Å². The van der Waals surface area contributed by atoms with Crippen molar-refractivity contribution in [2.24, 2.45) is 7.05 Å². The molecule has 4 nitrogen and oxygen atoms in total. The van der Waals surface area contributed by atoms with Gasteiger partial charge >= 0.3 is 0 Å². The molecule has 0 aliphatic rings. The minimum absolute atomic E-state index is 0.0306. The molecule has 108 valence electrons. The fourth-order valence-electron chi connectivity index (χ4n) is 2.35. The number of carbonyl (C=O) groups is 1. The topological polar surface area (TPSA) is 54.3 Å². The maximum absolute atomic E-state index is 11.9. The highest BCUT2D eigenvalue weighted by atomic mass is 16.3. The molecule has 0 saturated carbocycles. The van der Waals surface area contributed by atoms with Crippen LogP contribution in [0.5, 0.6) is 0 Å². The quantitative estimate of drug-likeness (QED) is 0.876. The Kier molecular flexibility index (Phi) is 4.14. The minimum Gasteiger partial charge on any atom is -0.394 e. The Hall–Kier alpha value is -1.81. The van der Waals surface area contributed by atoms with Crippen molar-refractivity contribution in [3.05, 3.63) is 36.0 Å². The molecule has 1 heterocycles. The lowest BCUT2D eigenvalue weighted by atomic mass is 10.1. The molecule has 1 aromatic carbocycles. The zero-order valence-corrected chi connectivity index (χ0v) is 12.3. The molecule has 20 heavy (non-hydrogen) atoms. The number of rotatable bonds is 5. The van der Waals surface area contributed by atoms with Gasteiger partial charge in [0.1, 0.15) is 0 Å². The van der Waals surface area contributed by atoms with E-state index in [-0.39, 0.29) is 12.5 Å². The fourth-order valence-corrected chi connectivity index (χ4v) is 2.35. The monoisotopic (exact) mass is 274 g/mol. The summed E-state index contributed by atoms with van der Waals surface area (Å²) in [5, 5.41) is 13.2. The van der Waals surface area contributed by atoms with Gasteiger partial charge in [-0.15, -0.1) is 0 Å². The number of carbonyl (C=O) groups excluding carboxylic acids is 1. The Morgan fingerprint density at radius 2 is 2.05 bits per heavy atom. The summed E-state index contributed by atoms with van der Waals surface area (Å²) in [6.07, 6.45) is 3.21. The molecule has 1 aromatic heterocycles. The number of hydrogen-bond donors (Lipinski definition) is 2. The Bertz CT molecular complexity index is 614. The lowest BCUT2D eigenvalue weighted by Gasteiger charge is -2.23. The lowest BCUT2D eigenvalue weighted by Crippen LogP contribution is -2.46. The largest absolute Gasteiger partial charge is 0.394 e. The van der Waals surface area contributed by atoms with E-state index in [4.69, 9.17) is 5.11 Å². The number of aliphatic hydroxyl groups is 1. The van der Waals surface area contributed by atoms with Gasteiger partial charge in [0.15, 0.2) is 0 Å². The van der Waals surface area contributed by atoms with Crippen molar-refractivity contribution in [3.63, 3.8) is 0 Å². The van der Waals surface area contributed by atoms with E-state index in [0.717, 1.165) is 0 Å². The van der Waals surface area contributed by atoms with Crippen LogP contribution in [-0.2, 0) is 18.3 Å². The van der Waals surface area contributed by atoms with Crippen molar-refractivity contribution in [1.29, 1.82) is 0 Å². The molecule has 0 unspecified atom stereocenters. The van der Waals surface area contributed by atoms with Crippen LogP contribution >= 0.6 is 0 Å². The summed E-state index contributed by atoms with van der Waals surface area (Å²) in [6, 6.07) is 8.19. The van der Waals surface area contributed by atoms with Crippen LogP contribution in [0.3, 0.4) is 0 Å². The van der Waals surface area contributed by atoms with Crippen LogP contribution in [0.15, 0.2) is 30.5 Å². The first-order chi connectivity index (χ1) is 9.43. The van der Waals surface area contributed by atoms with Gasteiger partial charge in [-0.2, -0.15) is 0 Å². The lowest BCUT2D eigenvalue weighted by molar-refractivity contribution is -0.123. The van der Waals surface area contributed by atoms with Gasteiger partial charge in [-0.05, 0) is 31.9 Å². The standard InChI is InChI=1S/C16H22N2O2/c1-16(2,11-19)17-15(20)9-8-12-10-18(3)14-7-5-4-6-13(12)14/h4-7,10,19H,8-9,11H2,1-3H3,(H,17,20). The molecule has 0 aliphatic carbocycles. The van der Waals surface area contributed by atoms with Gasteiger partial charge in [-0.1, -0.05) is 18.2 Å². The number of hydrogen-bond acceptors (Lipinski definition) is 2. The molecule has 4 heteroatoms. The molecule has 0 atom stereocenters. The number of para-hydroxylation sites is 1. The molecule has 1 amide bonds. The van der Waals surface area contributed by atoms with E-state index in [1.807, 2.05) is 33.0 Å². The fraction of sp³-hybridized carbons (Fsp3) is 0.438. The Balaban J connectivity index is 2.05. The highest BCUT2D eigenvalue weighted by molar-refractivity contribution is 5.85. The summed E-state index contributed by atoms with van der Waals surface area (Å²) < 4.78 is 2.08. The maximum Gasteiger partial charge on any atom is 0.220 e. The SMILES string of the molecule is Cn1cc(CCC(=O)NC(C)(C)CO)c2ccccc21. The van der Waals surface area contributed by atoms with E-state index >= 15 is 0 Å². The van der Waals surface area contributed by atoms with E-state index in [9.17, 15) is 4.79 Å². The number of aryl methyl sites for hydroxylation is 2. The van der Waals surface area contributed by atoms with E-state index in [1.165, 1.54) is 16.5 Å². The van der Waals surface area contributed by atoms with Gasteiger partial charge in [0.05, 0.1) is 12.1 Å². The Labute approximate surface area is 119 Å².